The van der Waals surface area contributed by atoms with Crippen LogP contribution in [0.4, 0.5) is 0 Å². The molecule has 9 heteroatoms. The van der Waals surface area contributed by atoms with Gasteiger partial charge in [0.1, 0.15) is 0 Å². The smallest absolute Gasteiger partial charge is 0.243 e. The van der Waals surface area contributed by atoms with E-state index in [9.17, 15) is 13.2 Å². The van der Waals surface area contributed by atoms with Crippen molar-refractivity contribution in [3.63, 3.8) is 0 Å². The zero-order valence-electron chi connectivity index (χ0n) is 18.2. The van der Waals surface area contributed by atoms with Crippen molar-refractivity contribution in [3.8, 4) is 0 Å². The van der Waals surface area contributed by atoms with E-state index in [-0.39, 0.29) is 24.0 Å². The minimum absolute atomic E-state index is 0.0720. The summed E-state index contributed by atoms with van der Waals surface area (Å²) in [5.74, 6) is -0.416. The standard InChI is InChI=1S/C24H24Cl2N2O3S2/c1-17(18-9-12-21(32-2)13-10-18)27-24(29)16-28(15-19-8-11-20(25)14-23(19)26)33(30,31)22-6-4-3-5-7-22/h3-14,17H,15-16H2,1-2H3,(H,27,29). The lowest BCUT2D eigenvalue weighted by Gasteiger charge is -2.24. The SMILES string of the molecule is CSc1ccc(C(C)NC(=O)CN(Cc2ccc(Cl)cc2Cl)S(=O)(=O)c2ccccc2)cc1. The van der Waals surface area contributed by atoms with Gasteiger partial charge in [0.05, 0.1) is 17.5 Å². The first kappa shape index (κ1) is 25.6. The molecular formula is C24H24Cl2N2O3S2. The van der Waals surface area contributed by atoms with Gasteiger partial charge in [-0.15, -0.1) is 11.8 Å². The van der Waals surface area contributed by atoms with Gasteiger partial charge >= 0.3 is 0 Å². The van der Waals surface area contributed by atoms with E-state index in [1.165, 1.54) is 12.1 Å². The van der Waals surface area contributed by atoms with Gasteiger partial charge in [-0.2, -0.15) is 4.31 Å². The average molecular weight is 524 g/mol. The Hall–Kier alpha value is -2.03. The number of carbonyl (C=O) groups is 1. The van der Waals surface area contributed by atoms with Gasteiger partial charge in [0.15, 0.2) is 0 Å². The van der Waals surface area contributed by atoms with E-state index in [0.717, 1.165) is 14.8 Å². The fourth-order valence-electron chi connectivity index (χ4n) is 3.23. The maximum Gasteiger partial charge on any atom is 0.243 e. The molecule has 0 aliphatic heterocycles. The molecule has 1 atom stereocenters. The third-order valence-corrected chi connectivity index (χ3v) is 8.19. The number of benzene rings is 3. The molecule has 174 valence electrons. The molecule has 1 amide bonds. The number of hydrogen-bond donors (Lipinski definition) is 1. The van der Waals surface area contributed by atoms with Crippen LogP contribution >= 0.6 is 35.0 Å². The fourth-order valence-corrected chi connectivity index (χ4v) is 5.50. The fraction of sp³-hybridized carbons (Fsp3) is 0.208. The van der Waals surface area contributed by atoms with Gasteiger partial charge in [-0.1, -0.05) is 59.6 Å². The van der Waals surface area contributed by atoms with Crippen LogP contribution < -0.4 is 5.32 Å². The van der Waals surface area contributed by atoms with Crippen LogP contribution in [0.15, 0.2) is 82.6 Å². The molecule has 1 unspecified atom stereocenters. The van der Waals surface area contributed by atoms with Crippen molar-refractivity contribution in [2.24, 2.45) is 0 Å². The van der Waals surface area contributed by atoms with Crippen molar-refractivity contribution in [2.75, 3.05) is 12.8 Å². The molecule has 5 nitrogen and oxygen atoms in total. The third kappa shape index (κ3) is 6.74. The van der Waals surface area contributed by atoms with Crippen LogP contribution in [0.2, 0.25) is 10.0 Å². The highest BCUT2D eigenvalue weighted by molar-refractivity contribution is 7.98. The van der Waals surface area contributed by atoms with Crippen molar-refractivity contribution < 1.29 is 13.2 Å². The first-order valence-electron chi connectivity index (χ1n) is 10.1. The van der Waals surface area contributed by atoms with Crippen molar-refractivity contribution in [3.05, 3.63) is 94.0 Å². The molecule has 0 aliphatic rings. The van der Waals surface area contributed by atoms with Crippen LogP contribution in [0.1, 0.15) is 24.1 Å². The van der Waals surface area contributed by atoms with Gasteiger partial charge in [0.2, 0.25) is 15.9 Å². The Kier molecular flexibility index (Phi) is 8.84. The van der Waals surface area contributed by atoms with E-state index in [1.54, 1.807) is 48.2 Å². The molecule has 3 rings (SSSR count). The topological polar surface area (TPSA) is 66.5 Å². The summed E-state index contributed by atoms with van der Waals surface area (Å²) in [4.78, 5) is 14.1. The zero-order valence-corrected chi connectivity index (χ0v) is 21.3. The Labute approximate surface area is 209 Å². The van der Waals surface area contributed by atoms with Crippen LogP contribution in [0.3, 0.4) is 0 Å². The first-order chi connectivity index (χ1) is 15.7. The predicted molar refractivity (Wildman–Crippen MR) is 135 cm³/mol. The molecule has 33 heavy (non-hydrogen) atoms. The molecule has 1 N–H and O–H groups in total. The summed E-state index contributed by atoms with van der Waals surface area (Å²) in [5.41, 5.74) is 1.48. The molecule has 0 aliphatic carbocycles. The van der Waals surface area contributed by atoms with E-state index in [1.807, 2.05) is 37.4 Å². The van der Waals surface area contributed by atoms with E-state index >= 15 is 0 Å². The summed E-state index contributed by atoms with van der Waals surface area (Å²) >= 11 is 13.9. The number of amides is 1. The molecule has 3 aromatic carbocycles. The first-order valence-corrected chi connectivity index (χ1v) is 13.5. The van der Waals surface area contributed by atoms with Crippen molar-refractivity contribution >= 4 is 50.9 Å². The van der Waals surface area contributed by atoms with Gasteiger partial charge in [-0.3, -0.25) is 4.79 Å². The van der Waals surface area contributed by atoms with Gasteiger partial charge in [0, 0.05) is 21.5 Å². The second-order valence-electron chi connectivity index (χ2n) is 7.38. The van der Waals surface area contributed by atoms with Gasteiger partial charge in [0.25, 0.3) is 0 Å². The van der Waals surface area contributed by atoms with Crippen LogP contribution in [0, 0.1) is 0 Å². The third-order valence-electron chi connectivity index (χ3n) is 5.06. The number of nitrogens with one attached hydrogen (secondary N) is 1. The lowest BCUT2D eigenvalue weighted by atomic mass is 10.1. The number of sulfonamides is 1. The number of carbonyl (C=O) groups excluding carboxylic acids is 1. The number of rotatable bonds is 9. The molecular weight excluding hydrogens is 499 g/mol. The molecule has 3 aromatic rings. The molecule has 0 fully saturated rings. The molecule has 0 radical (unpaired) electrons. The number of nitrogens with zero attached hydrogens (tertiary/aromatic N) is 1. The maximum absolute atomic E-state index is 13.4. The lowest BCUT2D eigenvalue weighted by Crippen LogP contribution is -2.41. The van der Waals surface area contributed by atoms with E-state index in [4.69, 9.17) is 23.2 Å². The van der Waals surface area contributed by atoms with Crippen molar-refractivity contribution in [1.29, 1.82) is 0 Å². The molecule has 0 bridgehead atoms. The summed E-state index contributed by atoms with van der Waals surface area (Å²) in [5, 5.41) is 3.67. The second-order valence-corrected chi connectivity index (χ2v) is 11.0. The summed E-state index contributed by atoms with van der Waals surface area (Å²) < 4.78 is 27.8. The maximum atomic E-state index is 13.4. The summed E-state index contributed by atoms with van der Waals surface area (Å²) in [6.45, 7) is 1.43. The van der Waals surface area contributed by atoms with Crippen LogP contribution in [0.5, 0.6) is 0 Å². The molecule has 0 spiro atoms. The number of hydrogen-bond acceptors (Lipinski definition) is 4. The van der Waals surface area contributed by atoms with Crippen molar-refractivity contribution in [2.45, 2.75) is 29.3 Å². The van der Waals surface area contributed by atoms with E-state index < -0.39 is 15.9 Å². The second kappa shape index (κ2) is 11.4. The van der Waals surface area contributed by atoms with Gasteiger partial charge in [-0.05, 0) is 60.7 Å². The predicted octanol–water partition coefficient (Wildman–Crippen LogP) is 5.78. The highest BCUT2D eigenvalue weighted by Gasteiger charge is 2.28. The molecule has 0 saturated heterocycles. The largest absolute Gasteiger partial charge is 0.348 e. The Morgan fingerprint density at radius 2 is 1.70 bits per heavy atom. The molecule has 0 aromatic heterocycles. The van der Waals surface area contributed by atoms with E-state index in [0.29, 0.717) is 15.6 Å². The molecule has 0 saturated carbocycles. The van der Waals surface area contributed by atoms with Gasteiger partial charge in [-0.25, -0.2) is 8.42 Å². The monoisotopic (exact) mass is 522 g/mol. The summed E-state index contributed by atoms with van der Waals surface area (Å²) in [6.07, 6.45) is 1.99. The zero-order chi connectivity index (χ0) is 24.0. The minimum atomic E-state index is -3.95. The van der Waals surface area contributed by atoms with Crippen LogP contribution in [0.25, 0.3) is 0 Å². The summed E-state index contributed by atoms with van der Waals surface area (Å²) in [7, 11) is -3.95. The minimum Gasteiger partial charge on any atom is -0.348 e. The molecule has 0 heterocycles. The summed E-state index contributed by atoms with van der Waals surface area (Å²) in [6, 6.07) is 20.4. The van der Waals surface area contributed by atoms with E-state index in [2.05, 4.69) is 5.32 Å². The van der Waals surface area contributed by atoms with Crippen molar-refractivity contribution in [1.82, 2.24) is 9.62 Å². The number of halogens is 2. The normalized spacial score (nSPS) is 12.5. The highest BCUT2D eigenvalue weighted by Crippen LogP contribution is 2.25. The Morgan fingerprint density at radius 1 is 1.03 bits per heavy atom. The van der Waals surface area contributed by atoms with Crippen LogP contribution in [-0.2, 0) is 21.4 Å². The quantitative estimate of drug-likeness (QED) is 0.361. The number of thioether (sulfide) groups is 1. The van der Waals surface area contributed by atoms with Gasteiger partial charge < -0.3 is 5.32 Å². The average Bonchev–Trinajstić information content (AvgIpc) is 2.80. The highest BCUT2D eigenvalue weighted by atomic mass is 35.5. The Bertz CT molecular complexity index is 1200. The van der Waals surface area contributed by atoms with Crippen LogP contribution in [-0.4, -0.2) is 31.4 Å². The Balaban J connectivity index is 1.83. The lowest BCUT2D eigenvalue weighted by molar-refractivity contribution is -0.122. The Morgan fingerprint density at radius 3 is 2.30 bits per heavy atom.